The molecule has 1 aromatic heterocycles. The summed E-state index contributed by atoms with van der Waals surface area (Å²) in [5, 5.41) is 0. The summed E-state index contributed by atoms with van der Waals surface area (Å²) in [6.45, 7) is 0.967. The van der Waals surface area contributed by atoms with Crippen LogP contribution in [0.2, 0.25) is 0 Å². The minimum absolute atomic E-state index is 0.00792. The Balaban J connectivity index is 2.02. The number of carbonyl (C=O) groups is 2. The van der Waals surface area contributed by atoms with Crippen LogP contribution in [0.5, 0.6) is 0 Å². The van der Waals surface area contributed by atoms with Crippen molar-refractivity contribution < 1.29 is 9.59 Å². The third-order valence-corrected chi connectivity index (χ3v) is 4.55. The number of rotatable bonds is 7. The Bertz CT molecular complexity index is 549. The molecule has 1 fully saturated rings. The molecule has 0 aliphatic carbocycles. The number of likely N-dealkylation sites (tertiary alicyclic amines) is 1. The summed E-state index contributed by atoms with van der Waals surface area (Å²) in [5.74, 6) is -0.341. The zero-order valence-electron chi connectivity index (χ0n) is 13.9. The molecule has 2 rings (SSSR count). The molecule has 0 spiro atoms. The third kappa shape index (κ3) is 4.04. The second-order valence-corrected chi connectivity index (χ2v) is 6.26. The van der Waals surface area contributed by atoms with Gasteiger partial charge in [0.25, 0.3) is 0 Å². The quantitative estimate of drug-likeness (QED) is 0.775. The smallest absolute Gasteiger partial charge is 0.237 e. The average molecular weight is 319 g/mol. The highest BCUT2D eigenvalue weighted by Gasteiger charge is 2.46. The second kappa shape index (κ2) is 7.50. The van der Waals surface area contributed by atoms with Gasteiger partial charge in [-0.2, -0.15) is 0 Å². The van der Waals surface area contributed by atoms with Gasteiger partial charge >= 0.3 is 0 Å². The lowest BCUT2D eigenvalue weighted by atomic mass is 9.88. The number of likely N-dealkylation sites (N-methyl/N-ethyl adjacent to an activating group) is 1. The first-order chi connectivity index (χ1) is 11.0. The van der Waals surface area contributed by atoms with E-state index >= 15 is 0 Å². The summed E-state index contributed by atoms with van der Waals surface area (Å²) in [6, 6.07) is 0. The maximum absolute atomic E-state index is 12.2. The first-order valence-corrected chi connectivity index (χ1v) is 7.96. The van der Waals surface area contributed by atoms with Gasteiger partial charge in [0.1, 0.15) is 5.54 Å². The summed E-state index contributed by atoms with van der Waals surface area (Å²) in [7, 11) is 3.44. The fourth-order valence-electron chi connectivity index (χ4n) is 3.18. The molecule has 2 N–H and O–H groups in total. The van der Waals surface area contributed by atoms with Crippen LogP contribution in [-0.2, 0) is 16.0 Å². The Morgan fingerprint density at radius 3 is 2.78 bits per heavy atom. The lowest BCUT2D eigenvalue weighted by molar-refractivity contribution is -0.135. The van der Waals surface area contributed by atoms with Gasteiger partial charge in [0.2, 0.25) is 11.8 Å². The van der Waals surface area contributed by atoms with E-state index in [1.54, 1.807) is 37.6 Å². The van der Waals surface area contributed by atoms with Crippen molar-refractivity contribution in [3.63, 3.8) is 0 Å². The van der Waals surface area contributed by atoms with Crippen LogP contribution in [0.1, 0.15) is 31.4 Å². The van der Waals surface area contributed by atoms with Crippen molar-refractivity contribution in [2.24, 2.45) is 5.73 Å². The van der Waals surface area contributed by atoms with Crippen molar-refractivity contribution in [3.8, 4) is 0 Å². The number of amides is 2. The molecular weight excluding hydrogens is 294 g/mol. The highest BCUT2D eigenvalue weighted by molar-refractivity contribution is 5.86. The van der Waals surface area contributed by atoms with Crippen LogP contribution >= 0.6 is 0 Å². The highest BCUT2D eigenvalue weighted by Crippen LogP contribution is 2.33. The molecule has 1 aliphatic rings. The van der Waals surface area contributed by atoms with E-state index in [1.165, 1.54) is 0 Å². The topological polar surface area (TPSA) is 92.4 Å². The molecular formula is C16H25N5O2. The number of aryl methyl sites for hydroxylation is 1. The molecule has 7 nitrogen and oxygen atoms in total. The fourth-order valence-corrected chi connectivity index (χ4v) is 3.18. The summed E-state index contributed by atoms with van der Waals surface area (Å²) >= 11 is 0. The summed E-state index contributed by atoms with van der Waals surface area (Å²) < 4.78 is 0. The van der Waals surface area contributed by atoms with E-state index in [-0.39, 0.29) is 18.4 Å². The summed E-state index contributed by atoms with van der Waals surface area (Å²) in [4.78, 5) is 36.0. The molecule has 1 aromatic rings. The lowest BCUT2D eigenvalue weighted by Crippen LogP contribution is -2.56. The van der Waals surface area contributed by atoms with Crippen molar-refractivity contribution in [2.75, 3.05) is 27.2 Å². The number of hydrogen-bond donors (Lipinski definition) is 1. The number of carbonyl (C=O) groups excluding carboxylic acids is 2. The Morgan fingerprint density at radius 2 is 2.17 bits per heavy atom. The zero-order valence-corrected chi connectivity index (χ0v) is 13.9. The first kappa shape index (κ1) is 17.3. The van der Waals surface area contributed by atoms with Crippen LogP contribution in [0.25, 0.3) is 0 Å². The van der Waals surface area contributed by atoms with E-state index in [1.807, 2.05) is 4.90 Å². The number of primary amides is 1. The minimum Gasteiger partial charge on any atom is -0.368 e. The first-order valence-electron chi connectivity index (χ1n) is 7.96. The zero-order chi connectivity index (χ0) is 16.9. The van der Waals surface area contributed by atoms with Crippen LogP contribution in [0.15, 0.2) is 18.6 Å². The van der Waals surface area contributed by atoms with Gasteiger partial charge in [0, 0.05) is 32.7 Å². The number of nitrogens with two attached hydrogens (primary N) is 1. The van der Waals surface area contributed by atoms with Gasteiger partial charge in [-0.1, -0.05) is 0 Å². The third-order valence-electron chi connectivity index (χ3n) is 4.55. The predicted octanol–water partition coefficient (Wildman–Crippen LogP) is 0.207. The highest BCUT2D eigenvalue weighted by atomic mass is 16.2. The van der Waals surface area contributed by atoms with Gasteiger partial charge in [-0.25, -0.2) is 0 Å². The van der Waals surface area contributed by atoms with Gasteiger partial charge in [-0.15, -0.1) is 0 Å². The fraction of sp³-hybridized carbons (Fsp3) is 0.625. The maximum atomic E-state index is 12.2. The molecule has 1 saturated heterocycles. The van der Waals surface area contributed by atoms with Gasteiger partial charge in [0.15, 0.2) is 0 Å². The van der Waals surface area contributed by atoms with E-state index in [0.717, 1.165) is 31.5 Å². The number of hydrogen-bond acceptors (Lipinski definition) is 5. The van der Waals surface area contributed by atoms with Crippen LogP contribution in [0, 0.1) is 0 Å². The summed E-state index contributed by atoms with van der Waals surface area (Å²) in [6.07, 6.45) is 8.81. The second-order valence-electron chi connectivity index (χ2n) is 6.26. The molecule has 0 unspecified atom stereocenters. The standard InChI is InChI=1S/C16H25N5O2/c1-20(2)14(22)12-21-10-4-7-16(21,15(17)23)6-3-5-13-11-18-8-9-19-13/h8-9,11H,3-7,10,12H2,1-2H3,(H2,17,23)/t16-/m0/s1. The molecule has 1 atom stereocenters. The van der Waals surface area contributed by atoms with Crippen molar-refractivity contribution in [1.29, 1.82) is 0 Å². The molecule has 0 aromatic carbocycles. The van der Waals surface area contributed by atoms with Crippen LogP contribution in [0.3, 0.4) is 0 Å². The molecule has 2 amide bonds. The van der Waals surface area contributed by atoms with Gasteiger partial charge < -0.3 is 10.6 Å². The van der Waals surface area contributed by atoms with E-state index in [2.05, 4.69) is 9.97 Å². The Morgan fingerprint density at radius 1 is 1.39 bits per heavy atom. The molecule has 0 radical (unpaired) electrons. The Hall–Kier alpha value is -2.02. The Labute approximate surface area is 136 Å². The maximum Gasteiger partial charge on any atom is 0.237 e. The van der Waals surface area contributed by atoms with Gasteiger partial charge in [-0.3, -0.25) is 24.5 Å². The molecule has 2 heterocycles. The van der Waals surface area contributed by atoms with Gasteiger partial charge in [0.05, 0.1) is 12.2 Å². The van der Waals surface area contributed by atoms with Crippen molar-refractivity contribution in [2.45, 2.75) is 37.6 Å². The van der Waals surface area contributed by atoms with E-state index in [4.69, 9.17) is 5.73 Å². The van der Waals surface area contributed by atoms with Crippen molar-refractivity contribution >= 4 is 11.8 Å². The lowest BCUT2D eigenvalue weighted by Gasteiger charge is -2.36. The largest absolute Gasteiger partial charge is 0.368 e. The molecule has 23 heavy (non-hydrogen) atoms. The van der Waals surface area contributed by atoms with Crippen molar-refractivity contribution in [3.05, 3.63) is 24.3 Å². The molecule has 0 bridgehead atoms. The van der Waals surface area contributed by atoms with E-state index in [9.17, 15) is 9.59 Å². The van der Waals surface area contributed by atoms with Crippen LogP contribution < -0.4 is 5.73 Å². The number of nitrogens with zero attached hydrogens (tertiary/aromatic N) is 4. The predicted molar refractivity (Wildman–Crippen MR) is 86.4 cm³/mol. The average Bonchev–Trinajstić information content (AvgIpc) is 2.92. The van der Waals surface area contributed by atoms with Crippen molar-refractivity contribution in [1.82, 2.24) is 19.8 Å². The minimum atomic E-state index is -0.714. The van der Waals surface area contributed by atoms with Crippen LogP contribution in [0.4, 0.5) is 0 Å². The summed E-state index contributed by atoms with van der Waals surface area (Å²) in [5.41, 5.74) is 5.91. The van der Waals surface area contributed by atoms with E-state index < -0.39 is 5.54 Å². The van der Waals surface area contributed by atoms with Gasteiger partial charge in [-0.05, 0) is 38.6 Å². The molecule has 1 aliphatic heterocycles. The molecule has 7 heteroatoms. The SMILES string of the molecule is CN(C)C(=O)CN1CCC[C@@]1(CCCc1cnccn1)C(N)=O. The molecule has 126 valence electrons. The Kier molecular flexibility index (Phi) is 5.65. The van der Waals surface area contributed by atoms with E-state index in [0.29, 0.717) is 12.8 Å². The monoisotopic (exact) mass is 319 g/mol. The normalized spacial score (nSPS) is 21.3. The molecule has 0 saturated carbocycles. The van der Waals surface area contributed by atoms with Crippen LogP contribution in [-0.4, -0.2) is 64.3 Å². The number of aromatic nitrogens is 2.